The second-order valence-corrected chi connectivity index (χ2v) is 11.1. The molecule has 1 saturated carbocycles. The van der Waals surface area contributed by atoms with Crippen LogP contribution in [0, 0.1) is 0 Å². The summed E-state index contributed by atoms with van der Waals surface area (Å²) in [5.41, 5.74) is 3.44. The molecule has 38 heavy (non-hydrogen) atoms. The highest BCUT2D eigenvalue weighted by atomic mass is 32.2. The number of hydrogen-bond acceptors (Lipinski definition) is 7. The van der Waals surface area contributed by atoms with E-state index in [9.17, 15) is 22.8 Å². The van der Waals surface area contributed by atoms with Crippen LogP contribution in [0.3, 0.4) is 0 Å². The van der Waals surface area contributed by atoms with Crippen molar-refractivity contribution < 1.29 is 27.5 Å². The summed E-state index contributed by atoms with van der Waals surface area (Å²) in [5, 5.41) is 9.42. The Bertz CT molecular complexity index is 1240. The Labute approximate surface area is 222 Å². The van der Waals surface area contributed by atoms with Gasteiger partial charge in [-0.3, -0.25) is 14.4 Å². The molecule has 2 aromatic carbocycles. The van der Waals surface area contributed by atoms with E-state index in [4.69, 9.17) is 4.74 Å². The first-order valence-electron chi connectivity index (χ1n) is 12.3. The number of sulfonamides is 1. The molecule has 11 nitrogen and oxygen atoms in total. The maximum atomic E-state index is 12.7. The second kappa shape index (κ2) is 13.7. The van der Waals surface area contributed by atoms with E-state index in [0.29, 0.717) is 17.0 Å². The Morgan fingerprint density at radius 1 is 1.00 bits per heavy atom. The topological polar surface area (TPSA) is 146 Å². The molecule has 3 amide bonds. The van der Waals surface area contributed by atoms with E-state index in [2.05, 4.69) is 21.2 Å². The highest BCUT2D eigenvalue weighted by Crippen LogP contribution is 2.18. The normalized spacial score (nSPS) is 14.3. The molecule has 3 N–H and O–H groups in total. The fraction of sp³-hybridized carbons (Fsp3) is 0.385. The van der Waals surface area contributed by atoms with Crippen molar-refractivity contribution in [1.82, 2.24) is 15.0 Å². The van der Waals surface area contributed by atoms with Gasteiger partial charge in [-0.15, -0.1) is 0 Å². The van der Waals surface area contributed by atoms with Gasteiger partial charge in [-0.05, 0) is 66.9 Å². The van der Waals surface area contributed by atoms with Crippen molar-refractivity contribution in [2.45, 2.75) is 50.0 Å². The van der Waals surface area contributed by atoms with Crippen LogP contribution < -0.4 is 20.8 Å². The fourth-order valence-corrected chi connectivity index (χ4v) is 5.04. The van der Waals surface area contributed by atoms with E-state index in [1.165, 1.54) is 50.9 Å². The highest BCUT2D eigenvalue weighted by molar-refractivity contribution is 7.89. The Kier molecular flexibility index (Phi) is 10.4. The molecule has 0 saturated heterocycles. The first kappa shape index (κ1) is 28.8. The lowest BCUT2D eigenvalue weighted by atomic mass is 9.95. The summed E-state index contributed by atoms with van der Waals surface area (Å²) in [6.07, 6.45) is 6.93. The van der Waals surface area contributed by atoms with E-state index < -0.39 is 22.5 Å². The van der Waals surface area contributed by atoms with Crippen molar-refractivity contribution >= 4 is 39.6 Å². The van der Waals surface area contributed by atoms with Crippen molar-refractivity contribution in [2.75, 3.05) is 25.5 Å². The third-order valence-electron chi connectivity index (χ3n) is 5.87. The van der Waals surface area contributed by atoms with Crippen molar-refractivity contribution in [3.63, 3.8) is 0 Å². The number of ether oxygens (including phenoxy) is 1. The number of rotatable bonds is 11. The molecule has 0 atom stereocenters. The van der Waals surface area contributed by atoms with Gasteiger partial charge in [0.1, 0.15) is 5.75 Å². The molecular formula is C26H33N5O6S. The van der Waals surface area contributed by atoms with Crippen molar-refractivity contribution in [1.29, 1.82) is 0 Å². The summed E-state index contributed by atoms with van der Waals surface area (Å²) in [6, 6.07) is 12.7. The molecule has 0 unspecified atom stereocenters. The molecular weight excluding hydrogens is 510 g/mol. The number of hydrogen-bond donors (Lipinski definition) is 3. The lowest BCUT2D eigenvalue weighted by Crippen LogP contribution is -2.38. The lowest BCUT2D eigenvalue weighted by Gasteiger charge is -2.22. The smallest absolute Gasteiger partial charge is 0.258 e. The number of amides is 3. The molecule has 0 heterocycles. The van der Waals surface area contributed by atoms with Crippen molar-refractivity contribution in [3.8, 4) is 5.75 Å². The van der Waals surface area contributed by atoms with E-state index in [1.54, 1.807) is 24.3 Å². The largest absolute Gasteiger partial charge is 0.484 e. The summed E-state index contributed by atoms with van der Waals surface area (Å²) >= 11 is 0. The Morgan fingerprint density at radius 2 is 1.66 bits per heavy atom. The van der Waals surface area contributed by atoms with Crippen LogP contribution in [0.25, 0.3) is 0 Å². The van der Waals surface area contributed by atoms with Gasteiger partial charge in [0, 0.05) is 25.7 Å². The van der Waals surface area contributed by atoms with Gasteiger partial charge in [0.2, 0.25) is 15.9 Å². The molecule has 0 radical (unpaired) electrons. The minimum absolute atomic E-state index is 0.0146. The first-order valence-corrected chi connectivity index (χ1v) is 13.8. The third-order valence-corrected chi connectivity index (χ3v) is 7.69. The summed E-state index contributed by atoms with van der Waals surface area (Å²) in [5.74, 6) is -0.499. The molecule has 0 bridgehead atoms. The minimum Gasteiger partial charge on any atom is -0.484 e. The monoisotopic (exact) mass is 543 g/mol. The van der Waals surface area contributed by atoms with Crippen molar-refractivity contribution in [3.05, 3.63) is 54.1 Å². The van der Waals surface area contributed by atoms with Gasteiger partial charge in [0.05, 0.1) is 17.7 Å². The zero-order valence-corrected chi connectivity index (χ0v) is 22.3. The molecule has 204 valence electrons. The molecule has 0 aliphatic heterocycles. The Hall–Kier alpha value is -3.77. The van der Waals surface area contributed by atoms with E-state index in [1.807, 2.05) is 0 Å². The van der Waals surface area contributed by atoms with Gasteiger partial charge in [-0.25, -0.2) is 13.8 Å². The van der Waals surface area contributed by atoms with Gasteiger partial charge in [-0.1, -0.05) is 19.3 Å². The minimum atomic E-state index is -3.92. The zero-order valence-electron chi connectivity index (χ0n) is 21.5. The van der Waals surface area contributed by atoms with Crippen LogP contribution in [-0.2, 0) is 24.4 Å². The van der Waals surface area contributed by atoms with Crippen LogP contribution >= 0.6 is 0 Å². The summed E-state index contributed by atoms with van der Waals surface area (Å²) in [4.78, 5) is 35.4. The molecule has 0 aromatic heterocycles. The SMILES string of the molecule is CC(=O)Nc1ccc(S(=O)(=O)N(C)CC(=O)N/N=C/c2ccc(OCC(=O)NC3CCCCC3)cc2)cc1. The van der Waals surface area contributed by atoms with Crippen LogP contribution in [0.15, 0.2) is 58.5 Å². The number of likely N-dealkylation sites (N-methyl/N-ethyl adjacent to an activating group) is 1. The molecule has 1 fully saturated rings. The maximum absolute atomic E-state index is 12.7. The summed E-state index contributed by atoms with van der Waals surface area (Å²) in [6.45, 7) is 0.850. The van der Waals surface area contributed by atoms with Gasteiger partial charge >= 0.3 is 0 Å². The number of hydrazone groups is 1. The van der Waals surface area contributed by atoms with Crippen LogP contribution in [0.2, 0.25) is 0 Å². The van der Waals surface area contributed by atoms with Gasteiger partial charge in [0.25, 0.3) is 11.8 Å². The first-order chi connectivity index (χ1) is 18.1. The predicted molar refractivity (Wildman–Crippen MR) is 143 cm³/mol. The number of carbonyl (C=O) groups excluding carboxylic acids is 3. The summed E-state index contributed by atoms with van der Waals surface area (Å²) in [7, 11) is -2.63. The number of carbonyl (C=O) groups is 3. The molecule has 12 heteroatoms. The molecule has 0 spiro atoms. The van der Waals surface area contributed by atoms with E-state index in [-0.39, 0.29) is 29.4 Å². The number of nitrogens with one attached hydrogen (secondary N) is 3. The molecule has 1 aliphatic rings. The van der Waals surface area contributed by atoms with Crippen molar-refractivity contribution in [2.24, 2.45) is 5.10 Å². The average molecular weight is 544 g/mol. The fourth-order valence-electron chi connectivity index (χ4n) is 3.91. The second-order valence-electron chi connectivity index (χ2n) is 9.02. The standard InChI is InChI=1S/C26H33N5O6S/c1-19(32)28-22-10-14-24(15-11-22)38(35,36)31(2)17-25(33)30-27-16-20-8-12-23(13-9-20)37-18-26(34)29-21-6-4-3-5-7-21/h8-16,21H,3-7,17-18H2,1-2H3,(H,28,32)(H,29,34)(H,30,33)/b27-16+. The highest BCUT2D eigenvalue weighted by Gasteiger charge is 2.23. The molecule has 2 aromatic rings. The molecule has 3 rings (SSSR count). The number of nitrogens with zero attached hydrogens (tertiary/aromatic N) is 2. The lowest BCUT2D eigenvalue weighted by molar-refractivity contribution is -0.124. The Balaban J connectivity index is 1.43. The van der Waals surface area contributed by atoms with Crippen LogP contribution in [0.1, 0.15) is 44.6 Å². The van der Waals surface area contributed by atoms with E-state index in [0.717, 1.165) is 30.0 Å². The number of anilines is 1. The number of benzene rings is 2. The van der Waals surface area contributed by atoms with Crippen LogP contribution in [0.4, 0.5) is 5.69 Å². The van der Waals surface area contributed by atoms with Gasteiger partial charge in [-0.2, -0.15) is 9.41 Å². The zero-order chi connectivity index (χ0) is 27.5. The Morgan fingerprint density at radius 3 is 2.29 bits per heavy atom. The van der Waals surface area contributed by atoms with Crippen LogP contribution in [0.5, 0.6) is 5.75 Å². The summed E-state index contributed by atoms with van der Waals surface area (Å²) < 4.78 is 31.9. The van der Waals surface area contributed by atoms with Crippen LogP contribution in [-0.4, -0.2) is 62.9 Å². The van der Waals surface area contributed by atoms with E-state index >= 15 is 0 Å². The maximum Gasteiger partial charge on any atom is 0.258 e. The average Bonchev–Trinajstić information content (AvgIpc) is 2.89. The molecule has 1 aliphatic carbocycles. The van der Waals surface area contributed by atoms with Gasteiger partial charge in [0.15, 0.2) is 6.61 Å². The quantitative estimate of drug-likeness (QED) is 0.293. The predicted octanol–water partition coefficient (Wildman–Crippen LogP) is 2.24. The van der Waals surface area contributed by atoms with Gasteiger partial charge < -0.3 is 15.4 Å². The third kappa shape index (κ3) is 8.96.